The number of benzene rings is 2. The van der Waals surface area contributed by atoms with Gasteiger partial charge in [0.1, 0.15) is 5.82 Å². The number of hydrogen-bond acceptors (Lipinski definition) is 2. The molecule has 25 heavy (non-hydrogen) atoms. The largest absolute Gasteiger partial charge is 0.356 e. The van der Waals surface area contributed by atoms with Crippen LogP contribution in [0.1, 0.15) is 17.5 Å². The summed E-state index contributed by atoms with van der Waals surface area (Å²) in [5.41, 5.74) is 2.79. The van der Waals surface area contributed by atoms with E-state index in [1.54, 1.807) is 12.1 Å². The Hall–Kier alpha value is -2.69. The lowest BCUT2D eigenvalue weighted by Gasteiger charge is -2.07. The van der Waals surface area contributed by atoms with Crippen molar-refractivity contribution in [3.63, 3.8) is 0 Å². The summed E-state index contributed by atoms with van der Waals surface area (Å²) < 4.78 is 12.8. The molecule has 0 saturated heterocycles. The molecule has 1 aliphatic rings. The lowest BCUT2D eigenvalue weighted by atomic mass is 10.1. The summed E-state index contributed by atoms with van der Waals surface area (Å²) >= 11 is 0. The molecule has 1 saturated carbocycles. The van der Waals surface area contributed by atoms with E-state index in [-0.39, 0.29) is 29.5 Å². The molecule has 0 spiro atoms. The van der Waals surface area contributed by atoms with E-state index in [2.05, 4.69) is 10.6 Å². The molecule has 3 rings (SSSR count). The SMILES string of the molecule is Cc1cccc(NC(=O)C2CC2C(=O)NCCc2ccc(F)cc2)c1. The first-order valence-corrected chi connectivity index (χ1v) is 8.42. The Morgan fingerprint density at radius 2 is 1.80 bits per heavy atom. The molecule has 0 heterocycles. The number of anilines is 1. The zero-order valence-corrected chi connectivity index (χ0v) is 14.1. The van der Waals surface area contributed by atoms with E-state index < -0.39 is 0 Å². The lowest BCUT2D eigenvalue weighted by Crippen LogP contribution is -2.29. The van der Waals surface area contributed by atoms with Gasteiger partial charge in [-0.15, -0.1) is 0 Å². The summed E-state index contributed by atoms with van der Waals surface area (Å²) in [5.74, 6) is -0.978. The number of aryl methyl sites for hydroxylation is 1. The fourth-order valence-corrected chi connectivity index (χ4v) is 2.84. The monoisotopic (exact) mass is 340 g/mol. The Labute approximate surface area is 146 Å². The van der Waals surface area contributed by atoms with Gasteiger partial charge in [0.15, 0.2) is 0 Å². The van der Waals surface area contributed by atoms with E-state index in [0.29, 0.717) is 19.4 Å². The molecule has 0 aromatic heterocycles. The van der Waals surface area contributed by atoms with Crippen molar-refractivity contribution in [2.45, 2.75) is 19.8 Å². The van der Waals surface area contributed by atoms with Crippen molar-refractivity contribution in [1.29, 1.82) is 0 Å². The Balaban J connectivity index is 1.42. The van der Waals surface area contributed by atoms with E-state index in [1.165, 1.54) is 12.1 Å². The normalized spacial score (nSPS) is 18.5. The number of rotatable bonds is 6. The average Bonchev–Trinajstić information content (AvgIpc) is 3.37. The van der Waals surface area contributed by atoms with Crippen LogP contribution >= 0.6 is 0 Å². The molecular weight excluding hydrogens is 319 g/mol. The molecule has 2 unspecified atom stereocenters. The Kier molecular flexibility index (Phi) is 5.12. The van der Waals surface area contributed by atoms with E-state index >= 15 is 0 Å². The van der Waals surface area contributed by atoms with Gasteiger partial charge in [-0.05, 0) is 55.2 Å². The zero-order chi connectivity index (χ0) is 17.8. The molecule has 2 aromatic carbocycles. The summed E-state index contributed by atoms with van der Waals surface area (Å²) in [7, 11) is 0. The van der Waals surface area contributed by atoms with Crippen LogP contribution in [0.15, 0.2) is 48.5 Å². The van der Waals surface area contributed by atoms with Gasteiger partial charge in [-0.3, -0.25) is 9.59 Å². The van der Waals surface area contributed by atoms with Gasteiger partial charge in [0.25, 0.3) is 0 Å². The van der Waals surface area contributed by atoms with Crippen molar-refractivity contribution in [3.05, 3.63) is 65.5 Å². The second kappa shape index (κ2) is 7.47. The van der Waals surface area contributed by atoms with Crippen LogP contribution in [-0.2, 0) is 16.0 Å². The van der Waals surface area contributed by atoms with E-state index in [1.807, 2.05) is 31.2 Å². The number of hydrogen-bond donors (Lipinski definition) is 2. The first kappa shape index (κ1) is 17.1. The third kappa shape index (κ3) is 4.66. The van der Waals surface area contributed by atoms with Crippen LogP contribution in [0, 0.1) is 24.6 Å². The Morgan fingerprint density at radius 1 is 1.08 bits per heavy atom. The van der Waals surface area contributed by atoms with Crippen molar-refractivity contribution < 1.29 is 14.0 Å². The number of carbonyl (C=O) groups excluding carboxylic acids is 2. The number of nitrogens with one attached hydrogen (secondary N) is 2. The quantitative estimate of drug-likeness (QED) is 0.849. The van der Waals surface area contributed by atoms with Crippen molar-refractivity contribution in [1.82, 2.24) is 5.32 Å². The highest BCUT2D eigenvalue weighted by molar-refractivity contribution is 5.99. The molecule has 0 aliphatic heterocycles. The molecular formula is C20H21FN2O2. The van der Waals surface area contributed by atoms with Crippen LogP contribution in [0.25, 0.3) is 0 Å². The third-order valence-electron chi connectivity index (χ3n) is 4.38. The predicted molar refractivity (Wildman–Crippen MR) is 94.5 cm³/mol. The van der Waals surface area contributed by atoms with Gasteiger partial charge in [-0.25, -0.2) is 4.39 Å². The maximum atomic E-state index is 12.8. The van der Waals surface area contributed by atoms with Crippen LogP contribution in [0.2, 0.25) is 0 Å². The minimum atomic E-state index is -0.270. The molecule has 1 fully saturated rings. The maximum Gasteiger partial charge on any atom is 0.228 e. The molecule has 1 aliphatic carbocycles. The molecule has 130 valence electrons. The number of amides is 2. The summed E-state index contributed by atoms with van der Waals surface area (Å²) in [6.07, 6.45) is 1.22. The second-order valence-corrected chi connectivity index (χ2v) is 6.47. The predicted octanol–water partition coefficient (Wildman–Crippen LogP) is 3.07. The van der Waals surface area contributed by atoms with Gasteiger partial charge < -0.3 is 10.6 Å². The lowest BCUT2D eigenvalue weighted by molar-refractivity contribution is -0.125. The Bertz CT molecular complexity index is 774. The van der Waals surface area contributed by atoms with Gasteiger partial charge in [-0.2, -0.15) is 0 Å². The van der Waals surface area contributed by atoms with Crippen molar-refractivity contribution in [3.8, 4) is 0 Å². The average molecular weight is 340 g/mol. The summed E-state index contributed by atoms with van der Waals surface area (Å²) in [4.78, 5) is 24.3. The molecule has 0 radical (unpaired) electrons. The van der Waals surface area contributed by atoms with E-state index in [4.69, 9.17) is 0 Å². The highest BCUT2D eigenvalue weighted by Crippen LogP contribution is 2.39. The topological polar surface area (TPSA) is 58.2 Å². The van der Waals surface area contributed by atoms with Crippen molar-refractivity contribution in [2.24, 2.45) is 11.8 Å². The second-order valence-electron chi connectivity index (χ2n) is 6.47. The maximum absolute atomic E-state index is 12.8. The number of halogens is 1. The van der Waals surface area contributed by atoms with Crippen LogP contribution in [0.3, 0.4) is 0 Å². The minimum Gasteiger partial charge on any atom is -0.356 e. The smallest absolute Gasteiger partial charge is 0.228 e. The van der Waals surface area contributed by atoms with Crippen LogP contribution in [0.5, 0.6) is 0 Å². The first-order chi connectivity index (χ1) is 12.0. The molecule has 2 N–H and O–H groups in total. The van der Waals surface area contributed by atoms with Gasteiger partial charge >= 0.3 is 0 Å². The zero-order valence-electron chi connectivity index (χ0n) is 14.1. The molecule has 4 nitrogen and oxygen atoms in total. The minimum absolute atomic E-state index is 0.0912. The highest BCUT2D eigenvalue weighted by atomic mass is 19.1. The molecule has 2 amide bonds. The molecule has 0 bridgehead atoms. The van der Waals surface area contributed by atoms with Gasteiger partial charge in [0, 0.05) is 12.2 Å². The number of carbonyl (C=O) groups is 2. The van der Waals surface area contributed by atoms with E-state index in [0.717, 1.165) is 16.8 Å². The van der Waals surface area contributed by atoms with Gasteiger partial charge in [0.2, 0.25) is 11.8 Å². The fraction of sp³-hybridized carbons (Fsp3) is 0.300. The summed E-state index contributed by atoms with van der Waals surface area (Å²) in [6.45, 7) is 2.44. The fourth-order valence-electron chi connectivity index (χ4n) is 2.84. The van der Waals surface area contributed by atoms with Crippen LogP contribution in [0.4, 0.5) is 10.1 Å². The first-order valence-electron chi connectivity index (χ1n) is 8.42. The summed E-state index contributed by atoms with van der Waals surface area (Å²) in [5, 5.41) is 5.72. The van der Waals surface area contributed by atoms with Gasteiger partial charge in [-0.1, -0.05) is 24.3 Å². The highest BCUT2D eigenvalue weighted by Gasteiger charge is 2.47. The van der Waals surface area contributed by atoms with Gasteiger partial charge in [0.05, 0.1) is 11.8 Å². The van der Waals surface area contributed by atoms with Crippen LogP contribution < -0.4 is 10.6 Å². The summed E-state index contributed by atoms with van der Waals surface area (Å²) in [6, 6.07) is 13.8. The molecule has 2 atom stereocenters. The molecule has 5 heteroatoms. The standard InChI is InChI=1S/C20H21FN2O2/c1-13-3-2-4-16(11-13)23-20(25)18-12-17(18)19(24)22-10-9-14-5-7-15(21)8-6-14/h2-8,11,17-18H,9-10,12H2,1H3,(H,22,24)(H,23,25). The molecule has 2 aromatic rings. The van der Waals surface area contributed by atoms with E-state index in [9.17, 15) is 14.0 Å². The Morgan fingerprint density at radius 3 is 2.52 bits per heavy atom. The van der Waals surface area contributed by atoms with Crippen molar-refractivity contribution in [2.75, 3.05) is 11.9 Å². The van der Waals surface area contributed by atoms with Crippen molar-refractivity contribution >= 4 is 17.5 Å². The third-order valence-corrected chi connectivity index (χ3v) is 4.38. The van der Waals surface area contributed by atoms with Crippen LogP contribution in [-0.4, -0.2) is 18.4 Å².